The number of aryl methyl sites for hydroxylation is 2. The van der Waals surface area contributed by atoms with E-state index in [0.29, 0.717) is 27.3 Å². The number of halogens is 3. The topological polar surface area (TPSA) is 20.2 Å². The van der Waals surface area contributed by atoms with Crippen molar-refractivity contribution in [2.45, 2.75) is 20.0 Å². The smallest absolute Gasteiger partial charge is 0.129 e. The second-order valence-electron chi connectivity index (χ2n) is 4.54. The molecule has 0 heterocycles. The maximum absolute atomic E-state index is 13.6. The van der Waals surface area contributed by atoms with Crippen molar-refractivity contribution in [3.8, 4) is 0 Å². The summed E-state index contributed by atoms with van der Waals surface area (Å²) in [6, 6.07) is 8.52. The Morgan fingerprint density at radius 1 is 1.16 bits per heavy atom. The first-order valence-corrected chi connectivity index (χ1v) is 6.97. The molecule has 19 heavy (non-hydrogen) atoms. The zero-order valence-electron chi connectivity index (χ0n) is 10.5. The van der Waals surface area contributed by atoms with Crippen LogP contribution in [0.15, 0.2) is 34.8 Å². The standard InChI is InChI=1S/C15H13BrClFO/c1-8-5-10(6-9(2)14(8)18)15(19)12-4-3-11(17)7-13(12)16/h3-7,15,19H,1-2H3. The summed E-state index contributed by atoms with van der Waals surface area (Å²) in [7, 11) is 0. The normalized spacial score (nSPS) is 12.5. The Morgan fingerprint density at radius 3 is 2.26 bits per heavy atom. The number of aliphatic hydroxyl groups is 1. The average Bonchev–Trinajstić information content (AvgIpc) is 2.34. The first kappa shape index (κ1) is 14.5. The van der Waals surface area contributed by atoms with E-state index in [1.165, 1.54) is 0 Å². The lowest BCUT2D eigenvalue weighted by Crippen LogP contribution is -2.03. The minimum Gasteiger partial charge on any atom is -0.384 e. The van der Waals surface area contributed by atoms with E-state index in [0.717, 1.165) is 4.47 Å². The molecule has 0 aromatic heterocycles. The van der Waals surface area contributed by atoms with Crippen molar-refractivity contribution in [2.75, 3.05) is 0 Å². The Hall–Kier alpha value is -0.900. The maximum atomic E-state index is 13.6. The summed E-state index contributed by atoms with van der Waals surface area (Å²) in [6.07, 6.45) is -0.815. The third-order valence-corrected chi connectivity index (χ3v) is 3.95. The summed E-state index contributed by atoms with van der Waals surface area (Å²) in [6.45, 7) is 3.38. The minimum atomic E-state index is -0.815. The molecule has 1 nitrogen and oxygen atoms in total. The Balaban J connectivity index is 2.47. The van der Waals surface area contributed by atoms with Gasteiger partial charge < -0.3 is 5.11 Å². The van der Waals surface area contributed by atoms with Crippen LogP contribution < -0.4 is 0 Å². The predicted octanol–water partition coefficient (Wildman–Crippen LogP) is 4.94. The first-order chi connectivity index (χ1) is 8.90. The Labute approximate surface area is 125 Å². The third-order valence-electron chi connectivity index (χ3n) is 3.03. The van der Waals surface area contributed by atoms with Gasteiger partial charge in [0.1, 0.15) is 11.9 Å². The molecule has 0 saturated heterocycles. The van der Waals surface area contributed by atoms with Crippen LogP contribution in [0.4, 0.5) is 4.39 Å². The SMILES string of the molecule is Cc1cc(C(O)c2ccc(Cl)cc2Br)cc(C)c1F. The van der Waals surface area contributed by atoms with E-state index in [1.807, 2.05) is 0 Å². The molecule has 0 spiro atoms. The second kappa shape index (κ2) is 5.61. The number of aliphatic hydroxyl groups excluding tert-OH is 1. The molecule has 0 aliphatic heterocycles. The summed E-state index contributed by atoms with van der Waals surface area (Å²) in [5, 5.41) is 11.0. The average molecular weight is 344 g/mol. The van der Waals surface area contributed by atoms with Crippen molar-refractivity contribution >= 4 is 27.5 Å². The highest BCUT2D eigenvalue weighted by Gasteiger charge is 2.16. The van der Waals surface area contributed by atoms with E-state index in [9.17, 15) is 9.50 Å². The van der Waals surface area contributed by atoms with Crippen molar-refractivity contribution in [2.24, 2.45) is 0 Å². The molecule has 2 aromatic carbocycles. The molecule has 1 N–H and O–H groups in total. The van der Waals surface area contributed by atoms with E-state index in [2.05, 4.69) is 15.9 Å². The van der Waals surface area contributed by atoms with Gasteiger partial charge in [0.15, 0.2) is 0 Å². The fraction of sp³-hybridized carbons (Fsp3) is 0.200. The van der Waals surface area contributed by atoms with Crippen LogP contribution in [-0.2, 0) is 0 Å². The van der Waals surface area contributed by atoms with Gasteiger partial charge in [0, 0.05) is 9.50 Å². The molecular weight excluding hydrogens is 331 g/mol. The molecule has 1 unspecified atom stereocenters. The summed E-state index contributed by atoms with van der Waals surface area (Å²) in [4.78, 5) is 0. The number of benzene rings is 2. The van der Waals surface area contributed by atoms with Gasteiger partial charge in [-0.1, -0.05) is 45.7 Å². The monoisotopic (exact) mass is 342 g/mol. The van der Waals surface area contributed by atoms with Gasteiger partial charge in [0.25, 0.3) is 0 Å². The lowest BCUT2D eigenvalue weighted by molar-refractivity contribution is 0.219. The molecule has 0 aliphatic carbocycles. The van der Waals surface area contributed by atoms with E-state index in [-0.39, 0.29) is 5.82 Å². The van der Waals surface area contributed by atoms with Crippen molar-refractivity contribution in [3.05, 3.63) is 67.9 Å². The molecule has 0 radical (unpaired) electrons. The summed E-state index contributed by atoms with van der Waals surface area (Å²) in [5.74, 6) is -0.230. The molecule has 2 rings (SSSR count). The van der Waals surface area contributed by atoms with E-state index in [4.69, 9.17) is 11.6 Å². The summed E-state index contributed by atoms with van der Waals surface area (Å²) in [5.41, 5.74) is 2.42. The van der Waals surface area contributed by atoms with Crippen molar-refractivity contribution in [1.82, 2.24) is 0 Å². The van der Waals surface area contributed by atoms with E-state index in [1.54, 1.807) is 44.2 Å². The van der Waals surface area contributed by atoms with Crippen molar-refractivity contribution < 1.29 is 9.50 Å². The highest BCUT2D eigenvalue weighted by atomic mass is 79.9. The van der Waals surface area contributed by atoms with Gasteiger partial charge in [0.05, 0.1) is 0 Å². The summed E-state index contributed by atoms with van der Waals surface area (Å²) < 4.78 is 14.3. The fourth-order valence-corrected chi connectivity index (χ4v) is 2.94. The van der Waals surface area contributed by atoms with Crippen molar-refractivity contribution in [1.29, 1.82) is 0 Å². The molecule has 4 heteroatoms. The zero-order chi connectivity index (χ0) is 14.2. The van der Waals surface area contributed by atoms with Crippen molar-refractivity contribution in [3.63, 3.8) is 0 Å². The van der Waals surface area contributed by atoms with Crippen LogP contribution in [-0.4, -0.2) is 5.11 Å². The van der Waals surface area contributed by atoms with Crippen LogP contribution in [0.5, 0.6) is 0 Å². The van der Waals surface area contributed by atoms with Gasteiger partial charge in [-0.3, -0.25) is 0 Å². The lowest BCUT2D eigenvalue weighted by atomic mass is 9.97. The van der Waals surface area contributed by atoms with Gasteiger partial charge in [-0.25, -0.2) is 4.39 Å². The number of hydrogen-bond acceptors (Lipinski definition) is 1. The van der Waals surface area contributed by atoms with Crippen LogP contribution in [0, 0.1) is 19.7 Å². The Kier molecular flexibility index (Phi) is 4.29. The van der Waals surface area contributed by atoms with Gasteiger partial charge in [-0.15, -0.1) is 0 Å². The molecule has 1 atom stereocenters. The lowest BCUT2D eigenvalue weighted by Gasteiger charge is -2.15. The largest absolute Gasteiger partial charge is 0.384 e. The van der Waals surface area contributed by atoms with Crippen LogP contribution >= 0.6 is 27.5 Å². The molecule has 0 amide bonds. The molecule has 0 saturated carbocycles. The molecule has 100 valence electrons. The first-order valence-electron chi connectivity index (χ1n) is 5.80. The van der Waals surface area contributed by atoms with E-state index < -0.39 is 6.10 Å². The summed E-state index contributed by atoms with van der Waals surface area (Å²) >= 11 is 9.26. The fourth-order valence-electron chi connectivity index (χ4n) is 2.04. The molecule has 0 bridgehead atoms. The van der Waals surface area contributed by atoms with Gasteiger partial charge in [0.2, 0.25) is 0 Å². The molecule has 0 aliphatic rings. The predicted molar refractivity (Wildman–Crippen MR) is 79.1 cm³/mol. The molecule has 2 aromatic rings. The molecule has 0 fully saturated rings. The van der Waals surface area contributed by atoms with Gasteiger partial charge in [-0.05, 0) is 48.2 Å². The number of hydrogen-bond donors (Lipinski definition) is 1. The maximum Gasteiger partial charge on any atom is 0.129 e. The van der Waals surface area contributed by atoms with Gasteiger partial charge in [-0.2, -0.15) is 0 Å². The third kappa shape index (κ3) is 2.99. The zero-order valence-corrected chi connectivity index (χ0v) is 12.9. The van der Waals surface area contributed by atoms with Crippen LogP contribution in [0.1, 0.15) is 28.4 Å². The second-order valence-corrected chi connectivity index (χ2v) is 5.83. The van der Waals surface area contributed by atoms with Crippen LogP contribution in [0.25, 0.3) is 0 Å². The van der Waals surface area contributed by atoms with Crippen LogP contribution in [0.2, 0.25) is 5.02 Å². The quantitative estimate of drug-likeness (QED) is 0.819. The number of rotatable bonds is 2. The molecular formula is C15H13BrClFO. The van der Waals surface area contributed by atoms with E-state index >= 15 is 0 Å². The Bertz CT molecular complexity index is 605. The highest BCUT2D eigenvalue weighted by Crippen LogP contribution is 2.32. The Morgan fingerprint density at radius 2 is 1.74 bits per heavy atom. The van der Waals surface area contributed by atoms with Crippen LogP contribution in [0.3, 0.4) is 0 Å². The van der Waals surface area contributed by atoms with Gasteiger partial charge >= 0.3 is 0 Å². The highest BCUT2D eigenvalue weighted by molar-refractivity contribution is 9.10. The minimum absolute atomic E-state index is 0.230.